The minimum atomic E-state index is -0.350. The van der Waals surface area contributed by atoms with Gasteiger partial charge in [0.1, 0.15) is 0 Å². The third-order valence-electron chi connectivity index (χ3n) is 3.04. The molecule has 1 saturated carbocycles. The minimum Gasteiger partial charge on any atom is -0.462 e. The number of amides is 1. The molecule has 4 nitrogen and oxygen atoms in total. The summed E-state index contributed by atoms with van der Waals surface area (Å²) < 4.78 is 4.98. The zero-order chi connectivity index (χ0) is 13.1. The first kappa shape index (κ1) is 12.6. The molecule has 1 aliphatic rings. The zero-order valence-corrected chi connectivity index (χ0v) is 10.7. The molecule has 1 amide bonds. The van der Waals surface area contributed by atoms with Crippen LogP contribution < -0.4 is 5.32 Å². The van der Waals surface area contributed by atoms with E-state index in [1.54, 1.807) is 25.1 Å². The average molecular weight is 247 g/mol. The van der Waals surface area contributed by atoms with Crippen LogP contribution in [-0.4, -0.2) is 18.5 Å². The molecule has 1 aliphatic carbocycles. The monoisotopic (exact) mass is 247 g/mol. The largest absolute Gasteiger partial charge is 0.462 e. The van der Waals surface area contributed by atoms with Gasteiger partial charge in [0.25, 0.3) is 0 Å². The van der Waals surface area contributed by atoms with Gasteiger partial charge < -0.3 is 10.1 Å². The van der Waals surface area contributed by atoms with E-state index in [9.17, 15) is 9.59 Å². The Kier molecular flexibility index (Phi) is 3.65. The van der Waals surface area contributed by atoms with E-state index >= 15 is 0 Å². The highest BCUT2D eigenvalue weighted by Crippen LogP contribution is 2.31. The highest BCUT2D eigenvalue weighted by atomic mass is 16.5. The number of benzene rings is 1. The average Bonchev–Trinajstić information content (AvgIpc) is 3.16. The van der Waals surface area contributed by atoms with Crippen LogP contribution in [0.2, 0.25) is 0 Å². The number of rotatable bonds is 4. The third kappa shape index (κ3) is 2.70. The van der Waals surface area contributed by atoms with Crippen molar-refractivity contribution in [2.45, 2.75) is 26.7 Å². The summed E-state index contributed by atoms with van der Waals surface area (Å²) in [5.41, 5.74) is 1.95. The number of hydrogen-bond acceptors (Lipinski definition) is 3. The standard InChI is InChI=1S/C14H17NO3/c1-3-18-14(17)11-5-4-6-12(9(11)2)15-13(16)10-7-8-10/h4-6,10H,3,7-8H2,1-2H3,(H,15,16). The van der Waals surface area contributed by atoms with Gasteiger partial charge in [0, 0.05) is 11.6 Å². The van der Waals surface area contributed by atoms with Gasteiger partial charge in [-0.1, -0.05) is 6.07 Å². The summed E-state index contributed by atoms with van der Waals surface area (Å²) in [6.07, 6.45) is 1.92. The summed E-state index contributed by atoms with van der Waals surface area (Å²) in [6, 6.07) is 5.26. The van der Waals surface area contributed by atoms with Crippen molar-refractivity contribution in [3.05, 3.63) is 29.3 Å². The quantitative estimate of drug-likeness (QED) is 0.832. The van der Waals surface area contributed by atoms with Crippen molar-refractivity contribution >= 4 is 17.6 Å². The fourth-order valence-electron chi connectivity index (χ4n) is 1.78. The Labute approximate surface area is 106 Å². The highest BCUT2D eigenvalue weighted by Gasteiger charge is 2.30. The van der Waals surface area contributed by atoms with Crippen LogP contribution in [0, 0.1) is 12.8 Å². The molecule has 1 aromatic rings. The molecule has 0 saturated heterocycles. The van der Waals surface area contributed by atoms with Crippen molar-refractivity contribution in [3.63, 3.8) is 0 Å². The summed E-state index contributed by atoms with van der Waals surface area (Å²) >= 11 is 0. The van der Waals surface area contributed by atoms with E-state index in [-0.39, 0.29) is 17.8 Å². The maximum absolute atomic E-state index is 11.7. The van der Waals surface area contributed by atoms with Crippen molar-refractivity contribution in [2.75, 3.05) is 11.9 Å². The first-order valence-electron chi connectivity index (χ1n) is 6.21. The molecule has 0 radical (unpaired) electrons. The predicted molar refractivity (Wildman–Crippen MR) is 68.5 cm³/mol. The summed E-state index contributed by atoms with van der Waals surface area (Å²) in [5, 5.41) is 2.86. The van der Waals surface area contributed by atoms with Gasteiger partial charge in [-0.25, -0.2) is 4.79 Å². The lowest BCUT2D eigenvalue weighted by Crippen LogP contribution is -2.15. The number of nitrogens with one attached hydrogen (secondary N) is 1. The number of hydrogen-bond donors (Lipinski definition) is 1. The molecule has 0 unspecified atom stereocenters. The van der Waals surface area contributed by atoms with E-state index in [0.717, 1.165) is 18.4 Å². The van der Waals surface area contributed by atoms with E-state index in [1.165, 1.54) is 0 Å². The number of carbonyl (C=O) groups excluding carboxylic acids is 2. The second-order valence-corrected chi connectivity index (χ2v) is 4.46. The zero-order valence-electron chi connectivity index (χ0n) is 10.7. The Balaban J connectivity index is 2.18. The Morgan fingerprint density at radius 3 is 2.72 bits per heavy atom. The van der Waals surface area contributed by atoms with Crippen molar-refractivity contribution in [1.29, 1.82) is 0 Å². The molecule has 1 fully saturated rings. The van der Waals surface area contributed by atoms with Crippen LogP contribution in [0.4, 0.5) is 5.69 Å². The smallest absolute Gasteiger partial charge is 0.338 e. The third-order valence-corrected chi connectivity index (χ3v) is 3.04. The Morgan fingerprint density at radius 2 is 2.11 bits per heavy atom. The Hall–Kier alpha value is -1.84. The van der Waals surface area contributed by atoms with Crippen LogP contribution in [-0.2, 0) is 9.53 Å². The second-order valence-electron chi connectivity index (χ2n) is 4.46. The van der Waals surface area contributed by atoms with Gasteiger partial charge in [-0.15, -0.1) is 0 Å². The van der Waals surface area contributed by atoms with E-state index < -0.39 is 0 Å². The van der Waals surface area contributed by atoms with Gasteiger partial charge in [-0.2, -0.15) is 0 Å². The molecule has 1 aromatic carbocycles. The summed E-state index contributed by atoms with van der Waals surface area (Å²) in [5.74, 6) is -0.160. The molecule has 0 heterocycles. The van der Waals surface area contributed by atoms with Gasteiger partial charge in [-0.05, 0) is 44.4 Å². The van der Waals surface area contributed by atoms with Gasteiger partial charge in [-0.3, -0.25) is 4.79 Å². The molecule has 0 aromatic heterocycles. The van der Waals surface area contributed by atoms with Crippen LogP contribution in [0.3, 0.4) is 0 Å². The predicted octanol–water partition coefficient (Wildman–Crippen LogP) is 2.52. The van der Waals surface area contributed by atoms with Crippen molar-refractivity contribution in [2.24, 2.45) is 5.92 Å². The Bertz CT molecular complexity index is 478. The molecule has 18 heavy (non-hydrogen) atoms. The molecule has 2 rings (SSSR count). The maximum atomic E-state index is 11.7. The van der Waals surface area contributed by atoms with Gasteiger partial charge >= 0.3 is 5.97 Å². The molecule has 1 N–H and O–H groups in total. The first-order valence-corrected chi connectivity index (χ1v) is 6.21. The molecule has 96 valence electrons. The molecule has 0 atom stereocenters. The topological polar surface area (TPSA) is 55.4 Å². The van der Waals surface area contributed by atoms with Gasteiger partial charge in [0.05, 0.1) is 12.2 Å². The molecular formula is C14H17NO3. The fourth-order valence-corrected chi connectivity index (χ4v) is 1.78. The van der Waals surface area contributed by atoms with Crippen molar-refractivity contribution in [1.82, 2.24) is 0 Å². The number of carbonyl (C=O) groups is 2. The van der Waals surface area contributed by atoms with E-state index in [4.69, 9.17) is 4.74 Å². The SMILES string of the molecule is CCOC(=O)c1cccc(NC(=O)C2CC2)c1C. The lowest BCUT2D eigenvalue weighted by molar-refractivity contribution is -0.117. The molecule has 0 spiro atoms. The number of esters is 1. The van der Waals surface area contributed by atoms with Crippen LogP contribution in [0.25, 0.3) is 0 Å². The van der Waals surface area contributed by atoms with E-state index in [0.29, 0.717) is 17.9 Å². The van der Waals surface area contributed by atoms with Crippen molar-refractivity contribution in [3.8, 4) is 0 Å². The summed E-state index contributed by atoms with van der Waals surface area (Å²) in [4.78, 5) is 23.4. The lowest BCUT2D eigenvalue weighted by Gasteiger charge is -2.11. The summed E-state index contributed by atoms with van der Waals surface area (Å²) in [6.45, 7) is 3.93. The second kappa shape index (κ2) is 5.21. The molecule has 0 aliphatic heterocycles. The molecule has 0 bridgehead atoms. The minimum absolute atomic E-state index is 0.0408. The first-order chi connectivity index (χ1) is 8.63. The Morgan fingerprint density at radius 1 is 1.39 bits per heavy atom. The summed E-state index contributed by atoms with van der Waals surface area (Å²) in [7, 11) is 0. The van der Waals surface area contributed by atoms with Crippen LogP contribution in [0.15, 0.2) is 18.2 Å². The fraction of sp³-hybridized carbons (Fsp3) is 0.429. The maximum Gasteiger partial charge on any atom is 0.338 e. The van der Waals surface area contributed by atoms with Crippen LogP contribution in [0.1, 0.15) is 35.7 Å². The van der Waals surface area contributed by atoms with Crippen molar-refractivity contribution < 1.29 is 14.3 Å². The van der Waals surface area contributed by atoms with Gasteiger partial charge in [0.15, 0.2) is 0 Å². The molecular weight excluding hydrogens is 230 g/mol. The van der Waals surface area contributed by atoms with Crippen LogP contribution in [0.5, 0.6) is 0 Å². The van der Waals surface area contributed by atoms with Gasteiger partial charge in [0.2, 0.25) is 5.91 Å². The highest BCUT2D eigenvalue weighted by molar-refractivity contribution is 5.98. The van der Waals surface area contributed by atoms with E-state index in [2.05, 4.69) is 5.32 Å². The lowest BCUT2D eigenvalue weighted by atomic mass is 10.1. The number of ether oxygens (including phenoxy) is 1. The normalized spacial score (nSPS) is 14.1. The van der Waals surface area contributed by atoms with Crippen LogP contribution >= 0.6 is 0 Å². The number of anilines is 1. The van der Waals surface area contributed by atoms with E-state index in [1.807, 2.05) is 6.92 Å². The molecule has 4 heteroatoms.